The van der Waals surface area contributed by atoms with Gasteiger partial charge in [0.2, 0.25) is 0 Å². The average Bonchev–Trinajstić information content (AvgIpc) is 2.89. The van der Waals surface area contributed by atoms with Crippen molar-refractivity contribution in [3.05, 3.63) is 78.4 Å². The van der Waals surface area contributed by atoms with Crippen LogP contribution in [0.3, 0.4) is 0 Å². The lowest BCUT2D eigenvalue weighted by molar-refractivity contribution is -0.312. The van der Waals surface area contributed by atoms with Gasteiger partial charge in [-0.25, -0.2) is 4.79 Å². The van der Waals surface area contributed by atoms with Gasteiger partial charge in [0, 0.05) is 0 Å². The average molecular weight is 490 g/mol. The lowest BCUT2D eigenvalue weighted by Crippen LogP contribution is -2.37. The van der Waals surface area contributed by atoms with E-state index in [9.17, 15) is 14.7 Å². The molecule has 1 atom stereocenters. The largest absolute Gasteiger partial charge is 0.546 e. The Kier molecular flexibility index (Phi) is 10.4. The van der Waals surface area contributed by atoms with Crippen LogP contribution in [0, 0.1) is 0 Å². The van der Waals surface area contributed by atoms with Crippen LogP contribution in [0.4, 0.5) is 0 Å². The number of rotatable bonds is 14. The van der Waals surface area contributed by atoms with Gasteiger partial charge < -0.3 is 24.1 Å². The lowest BCUT2D eigenvalue weighted by Gasteiger charge is -2.15. The van der Waals surface area contributed by atoms with Crippen molar-refractivity contribution < 1.29 is 28.9 Å². The number of esters is 1. The van der Waals surface area contributed by atoms with E-state index in [1.807, 2.05) is 36.4 Å². The number of hydrogen-bond acceptors (Lipinski definition) is 6. The topological polar surface area (TPSA) is 84.9 Å². The summed E-state index contributed by atoms with van der Waals surface area (Å²) >= 11 is 0. The quantitative estimate of drug-likeness (QED) is 0.161. The van der Waals surface area contributed by atoms with Crippen molar-refractivity contribution in [2.45, 2.75) is 58.5 Å². The molecule has 0 aromatic heterocycles. The predicted octanol–water partition coefficient (Wildman–Crippen LogP) is 5.83. The third kappa shape index (κ3) is 8.45. The molecule has 3 aromatic carbocycles. The minimum Gasteiger partial charge on any atom is -0.546 e. The first kappa shape index (κ1) is 26.8. The Labute approximate surface area is 212 Å². The SMILES string of the molecule is CCCCCCCCOc1ccc(-c2ccc(C(=O)Oc3ccc(O[C@H](C)C(=O)[O-])cc3)cc2)cc1. The molecule has 36 heavy (non-hydrogen) atoms. The Bertz CT molecular complexity index is 1090. The van der Waals surface area contributed by atoms with Crippen molar-refractivity contribution in [3.8, 4) is 28.4 Å². The fourth-order valence-electron chi connectivity index (χ4n) is 3.62. The van der Waals surface area contributed by atoms with Crippen LogP contribution in [-0.2, 0) is 4.79 Å². The highest BCUT2D eigenvalue weighted by atomic mass is 16.5. The van der Waals surface area contributed by atoms with E-state index in [0.717, 1.165) is 29.9 Å². The van der Waals surface area contributed by atoms with Crippen molar-refractivity contribution in [2.24, 2.45) is 0 Å². The molecule has 6 heteroatoms. The number of ether oxygens (including phenoxy) is 3. The summed E-state index contributed by atoms with van der Waals surface area (Å²) < 4.78 is 16.5. The molecule has 0 aliphatic rings. The van der Waals surface area contributed by atoms with Gasteiger partial charge in [-0.15, -0.1) is 0 Å². The molecule has 3 aromatic rings. The van der Waals surface area contributed by atoms with Crippen molar-refractivity contribution in [1.82, 2.24) is 0 Å². The highest BCUT2D eigenvalue weighted by Crippen LogP contribution is 2.24. The van der Waals surface area contributed by atoms with E-state index < -0.39 is 18.0 Å². The molecule has 0 saturated heterocycles. The predicted molar refractivity (Wildman–Crippen MR) is 137 cm³/mol. The summed E-state index contributed by atoms with van der Waals surface area (Å²) in [5, 5.41) is 10.8. The number of carboxylic acids is 1. The number of carbonyl (C=O) groups is 2. The summed E-state index contributed by atoms with van der Waals surface area (Å²) in [6.45, 7) is 4.34. The van der Waals surface area contributed by atoms with Gasteiger partial charge in [-0.1, -0.05) is 63.3 Å². The molecule has 0 amide bonds. The zero-order valence-corrected chi connectivity index (χ0v) is 20.9. The van der Waals surface area contributed by atoms with Gasteiger partial charge in [0.15, 0.2) is 0 Å². The molecule has 0 fully saturated rings. The van der Waals surface area contributed by atoms with Crippen molar-refractivity contribution >= 4 is 11.9 Å². The maximum absolute atomic E-state index is 12.5. The Morgan fingerprint density at radius 1 is 0.722 bits per heavy atom. The van der Waals surface area contributed by atoms with Gasteiger partial charge in [-0.05, 0) is 73.0 Å². The van der Waals surface area contributed by atoms with E-state index in [1.54, 1.807) is 24.3 Å². The molecule has 0 spiro atoms. The molecule has 0 heterocycles. The maximum atomic E-state index is 12.5. The molecule has 0 bridgehead atoms. The smallest absolute Gasteiger partial charge is 0.343 e. The van der Waals surface area contributed by atoms with E-state index in [4.69, 9.17) is 14.2 Å². The molecule has 0 saturated carbocycles. The van der Waals surface area contributed by atoms with Gasteiger partial charge in [0.25, 0.3) is 0 Å². The van der Waals surface area contributed by atoms with E-state index in [0.29, 0.717) is 17.1 Å². The number of aliphatic carboxylic acids is 1. The number of carboxylic acid groups (broad SMARTS) is 1. The molecule has 6 nitrogen and oxygen atoms in total. The van der Waals surface area contributed by atoms with Gasteiger partial charge in [0.1, 0.15) is 23.4 Å². The van der Waals surface area contributed by atoms with E-state index in [-0.39, 0.29) is 0 Å². The molecule has 190 valence electrons. The highest BCUT2D eigenvalue weighted by Gasteiger charge is 2.10. The third-order valence-electron chi connectivity index (χ3n) is 5.75. The summed E-state index contributed by atoms with van der Waals surface area (Å²) in [5.74, 6) is -0.264. The van der Waals surface area contributed by atoms with Gasteiger partial charge in [-0.3, -0.25) is 0 Å². The van der Waals surface area contributed by atoms with Crippen LogP contribution in [-0.4, -0.2) is 24.6 Å². The highest BCUT2D eigenvalue weighted by molar-refractivity contribution is 5.91. The first-order valence-corrected chi connectivity index (χ1v) is 12.5. The minimum atomic E-state index is -1.30. The second-order valence-corrected chi connectivity index (χ2v) is 8.66. The monoisotopic (exact) mass is 489 g/mol. The molecule has 0 aliphatic heterocycles. The summed E-state index contributed by atoms with van der Waals surface area (Å²) in [4.78, 5) is 23.3. The molecule has 0 N–H and O–H groups in total. The molecule has 0 unspecified atom stereocenters. The fraction of sp³-hybridized carbons (Fsp3) is 0.333. The first-order valence-electron chi connectivity index (χ1n) is 12.5. The minimum absolute atomic E-state index is 0.328. The Hall–Kier alpha value is -3.80. The van der Waals surface area contributed by atoms with Crippen LogP contribution in [0.1, 0.15) is 62.7 Å². The van der Waals surface area contributed by atoms with E-state index >= 15 is 0 Å². The van der Waals surface area contributed by atoms with E-state index in [2.05, 4.69) is 6.92 Å². The van der Waals surface area contributed by atoms with Crippen molar-refractivity contribution in [1.29, 1.82) is 0 Å². The summed E-state index contributed by atoms with van der Waals surface area (Å²) in [7, 11) is 0. The number of hydrogen-bond donors (Lipinski definition) is 0. The molecule has 0 aliphatic carbocycles. The molecular formula is C30H33O6-. The maximum Gasteiger partial charge on any atom is 0.343 e. The van der Waals surface area contributed by atoms with Gasteiger partial charge in [-0.2, -0.15) is 0 Å². The van der Waals surface area contributed by atoms with Gasteiger partial charge in [0.05, 0.1) is 18.1 Å². The Balaban J connectivity index is 1.48. The van der Waals surface area contributed by atoms with Crippen LogP contribution in [0.5, 0.6) is 17.2 Å². The summed E-state index contributed by atoms with van der Waals surface area (Å²) in [6.07, 6.45) is 6.34. The zero-order valence-electron chi connectivity index (χ0n) is 20.9. The first-order chi connectivity index (χ1) is 17.5. The molecule has 3 rings (SSSR count). The van der Waals surface area contributed by atoms with Crippen molar-refractivity contribution in [3.63, 3.8) is 0 Å². The van der Waals surface area contributed by atoms with Crippen molar-refractivity contribution in [2.75, 3.05) is 6.61 Å². The summed E-state index contributed by atoms with van der Waals surface area (Å²) in [6, 6.07) is 21.3. The second-order valence-electron chi connectivity index (χ2n) is 8.66. The number of carbonyl (C=O) groups excluding carboxylic acids is 2. The fourth-order valence-corrected chi connectivity index (χ4v) is 3.62. The summed E-state index contributed by atoms with van der Waals surface area (Å²) in [5.41, 5.74) is 2.43. The molecular weight excluding hydrogens is 456 g/mol. The third-order valence-corrected chi connectivity index (χ3v) is 5.75. The Morgan fingerprint density at radius 2 is 1.25 bits per heavy atom. The molecule has 0 radical (unpaired) electrons. The zero-order chi connectivity index (χ0) is 25.8. The van der Waals surface area contributed by atoms with Crippen LogP contribution in [0.25, 0.3) is 11.1 Å². The van der Waals surface area contributed by atoms with Crippen LogP contribution in [0.15, 0.2) is 72.8 Å². The standard InChI is InChI=1S/C30H34O6/c1-3-4-5-6-7-8-21-34-26-15-13-24(14-16-26)23-9-11-25(12-10-23)30(33)36-28-19-17-27(18-20-28)35-22(2)29(31)32/h9-20,22H,3-8,21H2,1-2H3,(H,31,32)/p-1/t22-/m1/s1. The number of unbranched alkanes of at least 4 members (excludes halogenated alkanes) is 5. The number of benzene rings is 3. The normalized spacial score (nSPS) is 11.5. The Morgan fingerprint density at radius 3 is 1.86 bits per heavy atom. The van der Waals surface area contributed by atoms with Crippen LogP contribution in [0.2, 0.25) is 0 Å². The van der Waals surface area contributed by atoms with Crippen LogP contribution >= 0.6 is 0 Å². The van der Waals surface area contributed by atoms with E-state index in [1.165, 1.54) is 51.2 Å². The van der Waals surface area contributed by atoms with Gasteiger partial charge >= 0.3 is 5.97 Å². The van der Waals surface area contributed by atoms with Crippen LogP contribution < -0.4 is 19.3 Å². The lowest BCUT2D eigenvalue weighted by atomic mass is 10.0. The second kappa shape index (κ2) is 13.9.